The Hall–Kier alpha value is -3.03. The molecular weight excluding hydrogens is 397 g/mol. The fourth-order valence-corrected chi connectivity index (χ4v) is 3.89. The third kappa shape index (κ3) is 5.18. The van der Waals surface area contributed by atoms with Crippen LogP contribution >= 0.6 is 0 Å². The minimum Gasteiger partial charge on any atom is -0.423 e. The predicted octanol–water partition coefficient (Wildman–Crippen LogP) is 3.31. The summed E-state index contributed by atoms with van der Waals surface area (Å²) >= 11 is 0. The number of aryl methyl sites for hydroxylation is 2. The molecule has 1 amide bonds. The number of halogens is 1. The lowest BCUT2D eigenvalue weighted by Gasteiger charge is -2.34. The van der Waals surface area contributed by atoms with Gasteiger partial charge in [-0.25, -0.2) is 9.18 Å². The lowest BCUT2D eigenvalue weighted by molar-refractivity contribution is -0.117. The first-order chi connectivity index (χ1) is 14.9. The van der Waals surface area contributed by atoms with Crippen LogP contribution in [0.15, 0.2) is 51.7 Å². The van der Waals surface area contributed by atoms with Crippen LogP contribution in [0.25, 0.3) is 11.0 Å². The summed E-state index contributed by atoms with van der Waals surface area (Å²) in [6, 6.07) is 12.2. The number of rotatable bonds is 5. The molecule has 1 fully saturated rings. The van der Waals surface area contributed by atoms with Crippen LogP contribution in [-0.2, 0) is 11.3 Å². The predicted molar refractivity (Wildman–Crippen MR) is 119 cm³/mol. The van der Waals surface area contributed by atoms with Crippen LogP contribution in [0, 0.1) is 19.7 Å². The standard InChI is InChI=1S/C24H26FN3O3/c1-16-3-6-20-18(12-24(30)31-22(20)11-16)14-27-7-9-28(10-8-27)15-23(29)26-19-5-4-17(2)21(25)13-19/h3-6,11-13H,7-10,14-15H2,1-2H3,(H,26,29). The molecule has 0 unspecified atom stereocenters. The van der Waals surface area contributed by atoms with E-state index in [9.17, 15) is 14.0 Å². The van der Waals surface area contributed by atoms with Gasteiger partial charge in [0, 0.05) is 49.9 Å². The maximum Gasteiger partial charge on any atom is 0.336 e. The average molecular weight is 423 g/mol. The van der Waals surface area contributed by atoms with Gasteiger partial charge in [0.05, 0.1) is 6.54 Å². The maximum absolute atomic E-state index is 13.7. The molecule has 3 aromatic rings. The highest BCUT2D eigenvalue weighted by Gasteiger charge is 2.20. The van der Waals surface area contributed by atoms with Gasteiger partial charge in [-0.15, -0.1) is 0 Å². The van der Waals surface area contributed by atoms with Gasteiger partial charge in [0.25, 0.3) is 0 Å². The molecule has 162 valence electrons. The van der Waals surface area contributed by atoms with E-state index in [0.29, 0.717) is 23.4 Å². The molecule has 2 heterocycles. The SMILES string of the molecule is Cc1ccc2c(CN3CCN(CC(=O)Nc4ccc(C)c(F)c4)CC3)cc(=O)oc2c1. The fraction of sp³-hybridized carbons (Fsp3) is 0.333. The Morgan fingerprint density at radius 3 is 2.52 bits per heavy atom. The second-order valence-electron chi connectivity index (χ2n) is 8.15. The monoisotopic (exact) mass is 423 g/mol. The van der Waals surface area contributed by atoms with Gasteiger partial charge >= 0.3 is 5.63 Å². The number of anilines is 1. The lowest BCUT2D eigenvalue weighted by Crippen LogP contribution is -2.48. The van der Waals surface area contributed by atoms with Crippen molar-refractivity contribution >= 4 is 22.6 Å². The normalized spacial score (nSPS) is 15.3. The van der Waals surface area contributed by atoms with Crippen LogP contribution in [0.3, 0.4) is 0 Å². The summed E-state index contributed by atoms with van der Waals surface area (Å²) in [6.07, 6.45) is 0. The first-order valence-corrected chi connectivity index (χ1v) is 10.4. The van der Waals surface area contributed by atoms with E-state index >= 15 is 0 Å². The van der Waals surface area contributed by atoms with Crippen molar-refractivity contribution in [1.82, 2.24) is 9.80 Å². The number of benzene rings is 2. The lowest BCUT2D eigenvalue weighted by atomic mass is 10.1. The van der Waals surface area contributed by atoms with Crippen LogP contribution in [0.1, 0.15) is 16.7 Å². The van der Waals surface area contributed by atoms with Gasteiger partial charge in [-0.05, 0) is 48.7 Å². The van der Waals surface area contributed by atoms with E-state index in [-0.39, 0.29) is 23.9 Å². The van der Waals surface area contributed by atoms with Gasteiger partial charge in [-0.1, -0.05) is 18.2 Å². The van der Waals surface area contributed by atoms with Crippen LogP contribution in [0.2, 0.25) is 0 Å². The van der Waals surface area contributed by atoms with E-state index in [2.05, 4.69) is 15.1 Å². The highest BCUT2D eigenvalue weighted by atomic mass is 19.1. The van der Waals surface area contributed by atoms with E-state index in [4.69, 9.17) is 4.42 Å². The summed E-state index contributed by atoms with van der Waals surface area (Å²) in [4.78, 5) is 28.6. The topological polar surface area (TPSA) is 65.8 Å². The van der Waals surface area contributed by atoms with Gasteiger partial charge in [0.15, 0.2) is 0 Å². The van der Waals surface area contributed by atoms with Crippen molar-refractivity contribution in [2.45, 2.75) is 20.4 Å². The molecule has 0 bridgehead atoms. The molecule has 4 rings (SSSR count). The summed E-state index contributed by atoms with van der Waals surface area (Å²) in [5.41, 5.74) is 3.30. The van der Waals surface area contributed by atoms with Crippen molar-refractivity contribution in [3.8, 4) is 0 Å². The van der Waals surface area contributed by atoms with Crippen molar-refractivity contribution in [2.24, 2.45) is 0 Å². The summed E-state index contributed by atoms with van der Waals surface area (Å²) in [5, 5.41) is 3.72. The van der Waals surface area contributed by atoms with E-state index in [0.717, 1.165) is 42.7 Å². The molecular formula is C24H26FN3O3. The third-order valence-corrected chi connectivity index (χ3v) is 5.67. The fourth-order valence-electron chi connectivity index (χ4n) is 3.89. The largest absolute Gasteiger partial charge is 0.423 e. The number of fused-ring (bicyclic) bond motifs is 1. The van der Waals surface area contributed by atoms with Gasteiger partial charge < -0.3 is 9.73 Å². The second kappa shape index (κ2) is 8.99. The molecule has 0 saturated carbocycles. The highest BCUT2D eigenvalue weighted by molar-refractivity contribution is 5.92. The van der Waals surface area contributed by atoms with Crippen LogP contribution in [0.5, 0.6) is 0 Å². The van der Waals surface area contributed by atoms with Gasteiger partial charge in [-0.2, -0.15) is 0 Å². The minimum absolute atomic E-state index is 0.154. The maximum atomic E-state index is 13.7. The summed E-state index contributed by atoms with van der Waals surface area (Å²) < 4.78 is 19.0. The molecule has 2 aromatic carbocycles. The third-order valence-electron chi connectivity index (χ3n) is 5.67. The van der Waals surface area contributed by atoms with E-state index in [1.807, 2.05) is 25.1 Å². The van der Waals surface area contributed by atoms with E-state index in [1.165, 1.54) is 6.07 Å². The molecule has 7 heteroatoms. The Kier molecular flexibility index (Phi) is 6.15. The Morgan fingerprint density at radius 2 is 1.77 bits per heavy atom. The van der Waals surface area contributed by atoms with Crippen molar-refractivity contribution in [3.63, 3.8) is 0 Å². The smallest absolute Gasteiger partial charge is 0.336 e. The molecule has 1 aromatic heterocycles. The van der Waals surface area contributed by atoms with Crippen LogP contribution in [0.4, 0.5) is 10.1 Å². The molecule has 1 aliphatic rings. The zero-order chi connectivity index (χ0) is 22.0. The molecule has 0 spiro atoms. The van der Waals surface area contributed by atoms with E-state index in [1.54, 1.807) is 25.1 Å². The quantitative estimate of drug-likeness (QED) is 0.638. The number of hydrogen-bond acceptors (Lipinski definition) is 5. The first kappa shape index (κ1) is 21.2. The highest BCUT2D eigenvalue weighted by Crippen LogP contribution is 2.20. The van der Waals surface area contributed by atoms with Gasteiger partial charge in [0.2, 0.25) is 5.91 Å². The number of amides is 1. The molecule has 0 atom stereocenters. The molecule has 0 radical (unpaired) electrons. The molecule has 31 heavy (non-hydrogen) atoms. The van der Waals surface area contributed by atoms with Crippen LogP contribution < -0.4 is 10.9 Å². The average Bonchev–Trinajstić information content (AvgIpc) is 2.71. The zero-order valence-corrected chi connectivity index (χ0v) is 17.8. The van der Waals surface area contributed by atoms with Crippen molar-refractivity contribution in [2.75, 3.05) is 38.0 Å². The summed E-state index contributed by atoms with van der Waals surface area (Å²) in [5.74, 6) is -0.484. The molecule has 0 aliphatic carbocycles. The molecule has 1 N–H and O–H groups in total. The van der Waals surface area contributed by atoms with Crippen LogP contribution in [-0.4, -0.2) is 48.4 Å². The minimum atomic E-state index is -0.337. The van der Waals surface area contributed by atoms with E-state index < -0.39 is 0 Å². The number of carbonyl (C=O) groups excluding carboxylic acids is 1. The Labute approximate surface area is 180 Å². The molecule has 1 aliphatic heterocycles. The van der Waals surface area contributed by atoms with Crippen molar-refractivity contribution in [3.05, 3.63) is 75.4 Å². The van der Waals surface area contributed by atoms with Gasteiger partial charge in [-0.3, -0.25) is 14.6 Å². The molecule has 1 saturated heterocycles. The number of nitrogens with one attached hydrogen (secondary N) is 1. The molecule has 6 nitrogen and oxygen atoms in total. The Bertz CT molecular complexity index is 1170. The summed E-state index contributed by atoms with van der Waals surface area (Å²) in [6.45, 7) is 7.65. The number of piperazine rings is 1. The first-order valence-electron chi connectivity index (χ1n) is 10.4. The number of hydrogen-bond donors (Lipinski definition) is 1. The Balaban J connectivity index is 1.33. The summed E-state index contributed by atoms with van der Waals surface area (Å²) in [7, 11) is 0. The van der Waals surface area contributed by atoms with Crippen molar-refractivity contribution < 1.29 is 13.6 Å². The second-order valence-corrected chi connectivity index (χ2v) is 8.15. The Morgan fingerprint density at radius 1 is 1.03 bits per heavy atom. The van der Waals surface area contributed by atoms with Gasteiger partial charge in [0.1, 0.15) is 11.4 Å². The van der Waals surface area contributed by atoms with Crippen molar-refractivity contribution in [1.29, 1.82) is 0 Å². The number of nitrogens with zero attached hydrogens (tertiary/aromatic N) is 2. The zero-order valence-electron chi connectivity index (χ0n) is 17.8. The number of carbonyl (C=O) groups is 1.